The lowest BCUT2D eigenvalue weighted by Gasteiger charge is -2.15. The number of carbonyl (C=O) groups excluding carboxylic acids is 1. The summed E-state index contributed by atoms with van der Waals surface area (Å²) >= 11 is 3.49. The van der Waals surface area contributed by atoms with E-state index in [9.17, 15) is 4.79 Å². The molecule has 0 amide bonds. The van der Waals surface area contributed by atoms with Crippen LogP contribution in [0.15, 0.2) is 40.9 Å². The first-order valence-electron chi connectivity index (χ1n) is 6.54. The normalized spacial score (nSPS) is 10.7. The van der Waals surface area contributed by atoms with Gasteiger partial charge < -0.3 is 4.74 Å². The topological polar surface area (TPSA) is 26.3 Å². The molecule has 0 saturated carbocycles. The Balaban J connectivity index is 2.42. The average molecular weight is 333 g/mol. The predicted molar refractivity (Wildman–Crippen MR) is 84.9 cm³/mol. The number of ether oxygens (including phenoxy) is 1. The van der Waals surface area contributed by atoms with Crippen LogP contribution in [0.3, 0.4) is 0 Å². The smallest absolute Gasteiger partial charge is 0.150 e. The molecule has 2 aromatic rings. The van der Waals surface area contributed by atoms with Crippen LogP contribution in [-0.2, 0) is 0 Å². The minimum atomic E-state index is 0.358. The van der Waals surface area contributed by atoms with Gasteiger partial charge in [0, 0.05) is 10.0 Å². The molecular formula is C17H17BrO2. The molecule has 0 spiro atoms. The van der Waals surface area contributed by atoms with E-state index in [1.165, 1.54) is 0 Å². The minimum Gasteiger partial charge on any atom is -0.457 e. The lowest BCUT2D eigenvalue weighted by atomic mass is 10.0. The summed E-state index contributed by atoms with van der Waals surface area (Å²) in [6, 6.07) is 11.4. The van der Waals surface area contributed by atoms with Gasteiger partial charge >= 0.3 is 0 Å². The second kappa shape index (κ2) is 6.23. The molecule has 0 aromatic heterocycles. The Hall–Kier alpha value is -1.61. The zero-order valence-electron chi connectivity index (χ0n) is 11.8. The van der Waals surface area contributed by atoms with E-state index in [-0.39, 0.29) is 0 Å². The summed E-state index contributed by atoms with van der Waals surface area (Å²) < 4.78 is 7.05. The molecule has 3 heteroatoms. The van der Waals surface area contributed by atoms with Crippen molar-refractivity contribution in [3.8, 4) is 11.5 Å². The fourth-order valence-electron chi connectivity index (χ4n) is 1.98. The summed E-state index contributed by atoms with van der Waals surface area (Å²) in [5.41, 5.74) is 2.76. The van der Waals surface area contributed by atoms with Crippen LogP contribution in [0.2, 0.25) is 0 Å². The van der Waals surface area contributed by atoms with E-state index in [1.807, 2.05) is 25.1 Å². The first-order chi connectivity index (χ1) is 9.51. The van der Waals surface area contributed by atoms with Crippen LogP contribution < -0.4 is 4.74 Å². The summed E-state index contributed by atoms with van der Waals surface area (Å²) in [7, 11) is 0. The van der Waals surface area contributed by atoms with Crippen LogP contribution in [0.25, 0.3) is 0 Å². The van der Waals surface area contributed by atoms with Gasteiger partial charge in [-0.25, -0.2) is 0 Å². The number of benzene rings is 2. The number of aldehydes is 1. The van der Waals surface area contributed by atoms with Gasteiger partial charge in [0.1, 0.15) is 17.8 Å². The third-order valence-corrected chi connectivity index (χ3v) is 3.66. The molecule has 0 N–H and O–H groups in total. The molecule has 0 saturated heterocycles. The second-order valence-corrected chi connectivity index (χ2v) is 6.00. The van der Waals surface area contributed by atoms with E-state index in [0.29, 0.717) is 11.5 Å². The lowest BCUT2D eigenvalue weighted by molar-refractivity contribution is 0.112. The standard InChI is InChI=1S/C17H17BrO2/c1-11(2)15-9-14(18)6-7-16(15)20-17-8-13(10-19)5-4-12(17)3/h4-11H,1-3H3. The second-order valence-electron chi connectivity index (χ2n) is 5.08. The first-order valence-corrected chi connectivity index (χ1v) is 7.33. The van der Waals surface area contributed by atoms with Crippen molar-refractivity contribution >= 4 is 22.2 Å². The molecule has 2 nitrogen and oxygen atoms in total. The Morgan fingerprint density at radius 1 is 1.10 bits per heavy atom. The van der Waals surface area contributed by atoms with E-state index in [2.05, 4.69) is 35.8 Å². The van der Waals surface area contributed by atoms with Crippen molar-refractivity contribution in [1.82, 2.24) is 0 Å². The van der Waals surface area contributed by atoms with Crippen LogP contribution in [-0.4, -0.2) is 6.29 Å². The average Bonchev–Trinajstić information content (AvgIpc) is 2.42. The molecule has 2 rings (SSSR count). The Labute approximate surface area is 127 Å². The molecule has 2 aromatic carbocycles. The van der Waals surface area contributed by atoms with Gasteiger partial charge in [-0.2, -0.15) is 0 Å². The molecule has 0 atom stereocenters. The maximum Gasteiger partial charge on any atom is 0.150 e. The maximum absolute atomic E-state index is 10.9. The van der Waals surface area contributed by atoms with Gasteiger partial charge in [0.15, 0.2) is 0 Å². The predicted octanol–water partition coefficient (Wildman–Crippen LogP) is 5.49. The van der Waals surface area contributed by atoms with Crippen molar-refractivity contribution in [2.45, 2.75) is 26.7 Å². The third-order valence-electron chi connectivity index (χ3n) is 3.16. The van der Waals surface area contributed by atoms with Gasteiger partial charge in [0.05, 0.1) is 0 Å². The van der Waals surface area contributed by atoms with E-state index in [1.54, 1.807) is 12.1 Å². The van der Waals surface area contributed by atoms with Gasteiger partial charge in [-0.15, -0.1) is 0 Å². The highest BCUT2D eigenvalue weighted by atomic mass is 79.9. The molecule has 104 valence electrons. The molecule has 0 radical (unpaired) electrons. The zero-order chi connectivity index (χ0) is 14.7. The Morgan fingerprint density at radius 3 is 2.50 bits per heavy atom. The number of hydrogen-bond acceptors (Lipinski definition) is 2. The number of halogens is 1. The molecule has 0 bridgehead atoms. The van der Waals surface area contributed by atoms with Crippen molar-refractivity contribution in [2.75, 3.05) is 0 Å². The van der Waals surface area contributed by atoms with Crippen molar-refractivity contribution in [2.24, 2.45) is 0 Å². The van der Waals surface area contributed by atoms with Gasteiger partial charge in [-0.1, -0.05) is 41.9 Å². The van der Waals surface area contributed by atoms with Crippen molar-refractivity contribution in [1.29, 1.82) is 0 Å². The van der Waals surface area contributed by atoms with Crippen molar-refractivity contribution in [3.63, 3.8) is 0 Å². The van der Waals surface area contributed by atoms with Crippen LogP contribution in [0, 0.1) is 6.92 Å². The quantitative estimate of drug-likeness (QED) is 0.692. The monoisotopic (exact) mass is 332 g/mol. The Bertz CT molecular complexity index is 633. The largest absolute Gasteiger partial charge is 0.457 e. The summed E-state index contributed by atoms with van der Waals surface area (Å²) in [4.78, 5) is 10.9. The molecule has 0 aliphatic carbocycles. The van der Waals surface area contributed by atoms with Crippen LogP contribution in [0.1, 0.15) is 41.3 Å². The number of carbonyl (C=O) groups is 1. The molecule has 0 unspecified atom stereocenters. The summed E-state index contributed by atoms with van der Waals surface area (Å²) in [6.45, 7) is 6.23. The van der Waals surface area contributed by atoms with Crippen molar-refractivity contribution in [3.05, 3.63) is 57.6 Å². The van der Waals surface area contributed by atoms with Gasteiger partial charge in [-0.3, -0.25) is 4.79 Å². The lowest BCUT2D eigenvalue weighted by Crippen LogP contribution is -1.96. The van der Waals surface area contributed by atoms with Gasteiger partial charge in [0.25, 0.3) is 0 Å². The minimum absolute atomic E-state index is 0.358. The number of aryl methyl sites for hydroxylation is 1. The highest BCUT2D eigenvalue weighted by Gasteiger charge is 2.11. The highest BCUT2D eigenvalue weighted by Crippen LogP contribution is 2.34. The third kappa shape index (κ3) is 3.28. The zero-order valence-corrected chi connectivity index (χ0v) is 13.4. The van der Waals surface area contributed by atoms with Crippen LogP contribution >= 0.6 is 15.9 Å². The van der Waals surface area contributed by atoms with E-state index < -0.39 is 0 Å². The van der Waals surface area contributed by atoms with E-state index >= 15 is 0 Å². The van der Waals surface area contributed by atoms with Crippen LogP contribution in [0.5, 0.6) is 11.5 Å². The summed E-state index contributed by atoms with van der Waals surface area (Å²) in [5, 5.41) is 0. The highest BCUT2D eigenvalue weighted by molar-refractivity contribution is 9.10. The molecule has 0 aliphatic rings. The van der Waals surface area contributed by atoms with Crippen molar-refractivity contribution < 1.29 is 9.53 Å². The fourth-order valence-corrected chi connectivity index (χ4v) is 2.36. The first kappa shape index (κ1) is 14.8. The Morgan fingerprint density at radius 2 is 1.85 bits per heavy atom. The summed E-state index contributed by atoms with van der Waals surface area (Å²) in [5.74, 6) is 1.91. The number of hydrogen-bond donors (Lipinski definition) is 0. The number of rotatable bonds is 4. The molecule has 0 heterocycles. The van der Waals surface area contributed by atoms with E-state index in [0.717, 1.165) is 33.4 Å². The summed E-state index contributed by atoms with van der Waals surface area (Å²) in [6.07, 6.45) is 0.831. The maximum atomic E-state index is 10.9. The van der Waals surface area contributed by atoms with Crippen LogP contribution in [0.4, 0.5) is 0 Å². The molecular weight excluding hydrogens is 316 g/mol. The molecule has 0 fully saturated rings. The Kier molecular flexibility index (Phi) is 4.61. The molecule has 20 heavy (non-hydrogen) atoms. The van der Waals surface area contributed by atoms with E-state index in [4.69, 9.17) is 4.74 Å². The van der Waals surface area contributed by atoms with Gasteiger partial charge in [-0.05, 0) is 48.2 Å². The SMILES string of the molecule is Cc1ccc(C=O)cc1Oc1ccc(Br)cc1C(C)C. The molecule has 0 aliphatic heterocycles. The fraction of sp³-hybridized carbons (Fsp3) is 0.235. The van der Waals surface area contributed by atoms with Gasteiger partial charge in [0.2, 0.25) is 0 Å².